The summed E-state index contributed by atoms with van der Waals surface area (Å²) in [6.45, 7) is 0. The van der Waals surface area contributed by atoms with E-state index in [0.29, 0.717) is 26.7 Å². The fraction of sp³-hybridized carbons (Fsp3) is 0.0667. The van der Waals surface area contributed by atoms with Crippen LogP contribution in [-0.2, 0) is 4.79 Å². The van der Waals surface area contributed by atoms with E-state index >= 15 is 0 Å². The van der Waals surface area contributed by atoms with Gasteiger partial charge in [-0.15, -0.1) is 5.10 Å². The second kappa shape index (κ2) is 7.65. The Balaban J connectivity index is 1.60. The number of nitrogens with zero attached hydrogens (tertiary/aromatic N) is 3. The molecule has 1 amide bonds. The molecule has 6 nitrogen and oxygen atoms in total. The first-order valence-electron chi connectivity index (χ1n) is 6.83. The third kappa shape index (κ3) is 4.05. The number of hydrogen-bond donors (Lipinski definition) is 2. The number of carbonyl (C=O) groups is 1. The van der Waals surface area contributed by atoms with Gasteiger partial charge in [0.15, 0.2) is 5.82 Å². The number of pyridine rings is 1. The molecule has 1 aromatic carbocycles. The fourth-order valence-corrected chi connectivity index (χ4v) is 2.96. The molecule has 0 radical (unpaired) electrons. The SMILES string of the molecule is O=C(CSc1n[nH]c(-c2cccnc2)n1)Nc1c(Cl)cccc1Cl. The summed E-state index contributed by atoms with van der Waals surface area (Å²) in [5, 5.41) is 10.8. The number of carbonyl (C=O) groups excluding carboxylic acids is 1. The van der Waals surface area contributed by atoms with Crippen LogP contribution in [0.15, 0.2) is 47.9 Å². The maximum atomic E-state index is 12.0. The molecule has 122 valence electrons. The van der Waals surface area contributed by atoms with Crippen molar-refractivity contribution in [3.63, 3.8) is 0 Å². The summed E-state index contributed by atoms with van der Waals surface area (Å²) in [6, 6.07) is 8.71. The molecule has 24 heavy (non-hydrogen) atoms. The first-order chi connectivity index (χ1) is 11.6. The molecule has 2 N–H and O–H groups in total. The van der Waals surface area contributed by atoms with Gasteiger partial charge in [0, 0.05) is 18.0 Å². The molecule has 0 unspecified atom stereocenters. The summed E-state index contributed by atoms with van der Waals surface area (Å²) in [5.74, 6) is 0.481. The van der Waals surface area contributed by atoms with Crippen LogP contribution in [0.4, 0.5) is 5.69 Å². The molecule has 0 aliphatic rings. The van der Waals surface area contributed by atoms with Crippen molar-refractivity contribution >= 4 is 46.6 Å². The summed E-state index contributed by atoms with van der Waals surface area (Å²) in [5.41, 5.74) is 1.22. The van der Waals surface area contributed by atoms with E-state index in [9.17, 15) is 4.79 Å². The smallest absolute Gasteiger partial charge is 0.234 e. The maximum absolute atomic E-state index is 12.0. The van der Waals surface area contributed by atoms with Crippen LogP contribution in [0, 0.1) is 0 Å². The van der Waals surface area contributed by atoms with Crippen molar-refractivity contribution in [3.8, 4) is 11.4 Å². The first-order valence-corrected chi connectivity index (χ1v) is 8.57. The van der Waals surface area contributed by atoms with Crippen LogP contribution in [0.5, 0.6) is 0 Å². The van der Waals surface area contributed by atoms with E-state index in [0.717, 1.165) is 5.56 Å². The molecule has 0 spiro atoms. The molecule has 2 heterocycles. The van der Waals surface area contributed by atoms with Gasteiger partial charge in [-0.1, -0.05) is 41.0 Å². The Kier molecular flexibility index (Phi) is 5.34. The molecule has 0 aliphatic carbocycles. The van der Waals surface area contributed by atoms with Crippen LogP contribution >= 0.6 is 35.0 Å². The number of hydrogen-bond acceptors (Lipinski definition) is 5. The van der Waals surface area contributed by atoms with Gasteiger partial charge in [0.05, 0.1) is 21.5 Å². The Labute approximate surface area is 152 Å². The van der Waals surface area contributed by atoms with Crippen LogP contribution in [0.3, 0.4) is 0 Å². The van der Waals surface area contributed by atoms with Crippen molar-refractivity contribution in [2.24, 2.45) is 0 Å². The van der Waals surface area contributed by atoms with Crippen LogP contribution in [0.2, 0.25) is 10.0 Å². The standard InChI is InChI=1S/C15H11Cl2N5OS/c16-10-4-1-5-11(17)13(10)19-12(23)8-24-15-20-14(21-22-15)9-3-2-6-18-7-9/h1-7H,8H2,(H,19,23)(H,20,21,22). The normalized spacial score (nSPS) is 10.6. The summed E-state index contributed by atoms with van der Waals surface area (Å²) in [6.07, 6.45) is 3.36. The summed E-state index contributed by atoms with van der Waals surface area (Å²) in [4.78, 5) is 20.4. The van der Waals surface area contributed by atoms with E-state index < -0.39 is 0 Å². The van der Waals surface area contributed by atoms with Crippen molar-refractivity contribution in [1.29, 1.82) is 0 Å². The lowest BCUT2D eigenvalue weighted by molar-refractivity contribution is -0.113. The average Bonchev–Trinajstić information content (AvgIpc) is 3.06. The number of nitrogens with one attached hydrogen (secondary N) is 2. The van der Waals surface area contributed by atoms with E-state index in [1.165, 1.54) is 11.8 Å². The molecule has 0 atom stereocenters. The quantitative estimate of drug-likeness (QED) is 0.656. The Morgan fingerprint density at radius 2 is 2.00 bits per heavy atom. The molecule has 3 rings (SSSR count). The third-order valence-corrected chi connectivity index (χ3v) is 4.44. The first kappa shape index (κ1) is 16.8. The summed E-state index contributed by atoms with van der Waals surface area (Å²) < 4.78 is 0. The Morgan fingerprint density at radius 1 is 1.21 bits per heavy atom. The molecule has 0 fully saturated rings. The number of para-hydroxylation sites is 1. The second-order valence-electron chi connectivity index (χ2n) is 4.64. The van der Waals surface area contributed by atoms with E-state index in [4.69, 9.17) is 23.2 Å². The molecular formula is C15H11Cl2N5OS. The Bertz CT molecular complexity index is 836. The van der Waals surface area contributed by atoms with Crippen LogP contribution in [0.25, 0.3) is 11.4 Å². The zero-order chi connectivity index (χ0) is 16.9. The van der Waals surface area contributed by atoms with E-state index in [2.05, 4.69) is 25.5 Å². The number of halogens is 2. The van der Waals surface area contributed by atoms with Crippen LogP contribution < -0.4 is 5.32 Å². The minimum Gasteiger partial charge on any atom is -0.323 e. The molecule has 2 aromatic heterocycles. The highest BCUT2D eigenvalue weighted by Gasteiger charge is 2.12. The highest BCUT2D eigenvalue weighted by Crippen LogP contribution is 2.30. The minimum absolute atomic E-state index is 0.131. The lowest BCUT2D eigenvalue weighted by atomic mass is 10.3. The zero-order valence-electron chi connectivity index (χ0n) is 12.2. The summed E-state index contributed by atoms with van der Waals surface area (Å²) >= 11 is 13.2. The topological polar surface area (TPSA) is 83.6 Å². The number of thioether (sulfide) groups is 1. The van der Waals surface area contributed by atoms with Gasteiger partial charge in [0.25, 0.3) is 0 Å². The van der Waals surface area contributed by atoms with Gasteiger partial charge < -0.3 is 5.32 Å². The zero-order valence-corrected chi connectivity index (χ0v) is 14.5. The third-order valence-electron chi connectivity index (χ3n) is 2.96. The van der Waals surface area contributed by atoms with Crippen molar-refractivity contribution < 1.29 is 4.79 Å². The van der Waals surface area contributed by atoms with Gasteiger partial charge in [-0.3, -0.25) is 14.9 Å². The van der Waals surface area contributed by atoms with Crippen LogP contribution in [0.1, 0.15) is 0 Å². The second-order valence-corrected chi connectivity index (χ2v) is 6.40. The lowest BCUT2D eigenvalue weighted by Crippen LogP contribution is -2.14. The average molecular weight is 380 g/mol. The predicted molar refractivity (Wildman–Crippen MR) is 95.4 cm³/mol. The van der Waals surface area contributed by atoms with Crippen molar-refractivity contribution in [2.75, 3.05) is 11.1 Å². The van der Waals surface area contributed by atoms with Gasteiger partial charge >= 0.3 is 0 Å². The van der Waals surface area contributed by atoms with Crippen LogP contribution in [-0.4, -0.2) is 31.8 Å². The van der Waals surface area contributed by atoms with E-state index in [-0.39, 0.29) is 11.7 Å². The predicted octanol–water partition coefficient (Wildman–Crippen LogP) is 3.90. The largest absolute Gasteiger partial charge is 0.323 e. The van der Waals surface area contributed by atoms with Gasteiger partial charge in [-0.25, -0.2) is 4.98 Å². The fourth-order valence-electron chi connectivity index (χ4n) is 1.87. The Morgan fingerprint density at radius 3 is 2.71 bits per heavy atom. The maximum Gasteiger partial charge on any atom is 0.234 e. The molecule has 0 aliphatic heterocycles. The van der Waals surface area contributed by atoms with Crippen molar-refractivity contribution in [1.82, 2.24) is 20.2 Å². The molecular weight excluding hydrogens is 369 g/mol. The number of rotatable bonds is 5. The molecule has 0 bridgehead atoms. The van der Waals surface area contributed by atoms with Gasteiger partial charge in [0.2, 0.25) is 11.1 Å². The number of H-pyrrole nitrogens is 1. The Hall–Kier alpha value is -2.09. The molecule has 0 saturated heterocycles. The minimum atomic E-state index is -0.247. The lowest BCUT2D eigenvalue weighted by Gasteiger charge is -2.08. The molecule has 0 saturated carbocycles. The van der Waals surface area contributed by atoms with E-state index in [1.54, 1.807) is 30.6 Å². The molecule has 3 aromatic rings. The van der Waals surface area contributed by atoms with E-state index in [1.807, 2.05) is 12.1 Å². The number of benzene rings is 1. The highest BCUT2D eigenvalue weighted by atomic mass is 35.5. The summed E-state index contributed by atoms with van der Waals surface area (Å²) in [7, 11) is 0. The number of amides is 1. The van der Waals surface area contributed by atoms with Crippen molar-refractivity contribution in [3.05, 3.63) is 52.8 Å². The number of aromatic amines is 1. The highest BCUT2D eigenvalue weighted by molar-refractivity contribution is 7.99. The molecule has 9 heteroatoms. The van der Waals surface area contributed by atoms with Gasteiger partial charge in [-0.05, 0) is 24.3 Å². The monoisotopic (exact) mass is 379 g/mol. The van der Waals surface area contributed by atoms with Gasteiger partial charge in [0.1, 0.15) is 0 Å². The van der Waals surface area contributed by atoms with Gasteiger partial charge in [-0.2, -0.15) is 0 Å². The number of anilines is 1. The number of aromatic nitrogens is 4. The van der Waals surface area contributed by atoms with Crippen molar-refractivity contribution in [2.45, 2.75) is 5.16 Å².